The van der Waals surface area contributed by atoms with Crippen molar-refractivity contribution in [3.63, 3.8) is 0 Å². The van der Waals surface area contributed by atoms with E-state index in [-0.39, 0.29) is 11.1 Å². The van der Waals surface area contributed by atoms with Gasteiger partial charge in [0.05, 0.1) is 24.3 Å². The number of carbonyl (C=O) groups is 2. The molecular weight excluding hydrogens is 352 g/mol. The van der Waals surface area contributed by atoms with Crippen LogP contribution in [0.2, 0.25) is 0 Å². The molecule has 0 aliphatic rings. The van der Waals surface area contributed by atoms with E-state index < -0.39 is 11.9 Å². The quantitative estimate of drug-likeness (QED) is 0.251. The Kier molecular flexibility index (Phi) is 13.1. The standard InChI is InChI=1S/C24H38O4/c1-4-5-6-13-18-27-23(25)21-16-11-12-17-22(21)24(26)28-19-14-9-7-8-10-15-20(2)3/h11-12,16-17,20H,4-10,13-15,18-19H2,1-3H3. The monoisotopic (exact) mass is 390 g/mol. The van der Waals surface area contributed by atoms with Crippen molar-refractivity contribution in [3.05, 3.63) is 35.4 Å². The summed E-state index contributed by atoms with van der Waals surface area (Å²) in [6.45, 7) is 7.42. The lowest BCUT2D eigenvalue weighted by Crippen LogP contribution is -2.15. The molecule has 0 aliphatic heterocycles. The summed E-state index contributed by atoms with van der Waals surface area (Å²) < 4.78 is 10.7. The number of rotatable bonds is 15. The molecule has 4 nitrogen and oxygen atoms in total. The molecule has 0 bridgehead atoms. The second-order valence-electron chi connectivity index (χ2n) is 7.83. The van der Waals surface area contributed by atoms with Crippen molar-refractivity contribution in [3.8, 4) is 0 Å². The zero-order valence-corrected chi connectivity index (χ0v) is 18.0. The number of esters is 2. The summed E-state index contributed by atoms with van der Waals surface area (Å²) in [5.74, 6) is -0.128. The maximum atomic E-state index is 12.4. The van der Waals surface area contributed by atoms with Crippen LogP contribution in [0.1, 0.15) is 106 Å². The van der Waals surface area contributed by atoms with Gasteiger partial charge in [0.2, 0.25) is 0 Å². The van der Waals surface area contributed by atoms with E-state index in [2.05, 4.69) is 20.8 Å². The fourth-order valence-corrected chi connectivity index (χ4v) is 3.04. The predicted octanol–water partition coefficient (Wildman–Crippen LogP) is 6.58. The first-order valence-corrected chi connectivity index (χ1v) is 11.0. The zero-order valence-electron chi connectivity index (χ0n) is 18.0. The van der Waals surface area contributed by atoms with Gasteiger partial charge in [-0.3, -0.25) is 0 Å². The van der Waals surface area contributed by atoms with Crippen LogP contribution in [-0.2, 0) is 9.47 Å². The van der Waals surface area contributed by atoms with E-state index in [1.54, 1.807) is 24.3 Å². The van der Waals surface area contributed by atoms with Crippen LogP contribution in [-0.4, -0.2) is 25.2 Å². The minimum Gasteiger partial charge on any atom is -0.462 e. The number of unbranched alkanes of at least 4 members (excludes halogenated alkanes) is 7. The third-order valence-corrected chi connectivity index (χ3v) is 4.76. The van der Waals surface area contributed by atoms with Crippen LogP contribution in [0.25, 0.3) is 0 Å². The molecule has 0 atom stereocenters. The van der Waals surface area contributed by atoms with Gasteiger partial charge in [-0.05, 0) is 30.9 Å². The van der Waals surface area contributed by atoms with Gasteiger partial charge >= 0.3 is 11.9 Å². The summed E-state index contributed by atoms with van der Waals surface area (Å²) in [5.41, 5.74) is 0.578. The molecule has 4 heteroatoms. The molecule has 1 aromatic carbocycles. The van der Waals surface area contributed by atoms with Crippen molar-refractivity contribution < 1.29 is 19.1 Å². The molecule has 1 aromatic rings. The maximum absolute atomic E-state index is 12.4. The van der Waals surface area contributed by atoms with Gasteiger partial charge in [0.15, 0.2) is 0 Å². The van der Waals surface area contributed by atoms with E-state index >= 15 is 0 Å². The molecular formula is C24H38O4. The number of carbonyl (C=O) groups excluding carboxylic acids is 2. The highest BCUT2D eigenvalue weighted by molar-refractivity contribution is 6.03. The topological polar surface area (TPSA) is 52.6 Å². The molecule has 0 N–H and O–H groups in total. The first-order chi connectivity index (χ1) is 13.6. The Labute approximate surface area is 171 Å². The van der Waals surface area contributed by atoms with Crippen molar-refractivity contribution in [2.75, 3.05) is 13.2 Å². The molecule has 0 saturated heterocycles. The minimum atomic E-state index is -0.450. The highest BCUT2D eigenvalue weighted by Gasteiger charge is 2.18. The van der Waals surface area contributed by atoms with Crippen LogP contribution in [0.3, 0.4) is 0 Å². The lowest BCUT2D eigenvalue weighted by atomic mass is 10.0. The predicted molar refractivity (Wildman–Crippen MR) is 114 cm³/mol. The average molecular weight is 391 g/mol. The largest absolute Gasteiger partial charge is 0.462 e. The van der Waals surface area contributed by atoms with Crippen LogP contribution in [0.15, 0.2) is 24.3 Å². The first-order valence-electron chi connectivity index (χ1n) is 11.0. The van der Waals surface area contributed by atoms with Crippen LogP contribution >= 0.6 is 0 Å². The number of ether oxygens (including phenoxy) is 2. The minimum absolute atomic E-state index is 0.289. The second kappa shape index (κ2) is 15.1. The molecule has 0 spiro atoms. The van der Waals surface area contributed by atoms with E-state index in [0.717, 1.165) is 44.4 Å². The normalized spacial score (nSPS) is 10.9. The molecule has 0 saturated carbocycles. The van der Waals surface area contributed by atoms with Gasteiger partial charge < -0.3 is 9.47 Å². The molecule has 0 amide bonds. The summed E-state index contributed by atoms with van der Waals surface area (Å²) >= 11 is 0. The third kappa shape index (κ3) is 10.5. The lowest BCUT2D eigenvalue weighted by molar-refractivity contribution is 0.0450. The number of hydrogen-bond donors (Lipinski definition) is 0. The van der Waals surface area contributed by atoms with Crippen LogP contribution in [0, 0.1) is 5.92 Å². The average Bonchev–Trinajstić information content (AvgIpc) is 2.69. The SMILES string of the molecule is CCCCCCOC(=O)c1ccccc1C(=O)OCCCCCCCC(C)C. The summed E-state index contributed by atoms with van der Waals surface area (Å²) in [6, 6.07) is 6.73. The zero-order chi connectivity index (χ0) is 20.6. The molecule has 0 unspecified atom stereocenters. The smallest absolute Gasteiger partial charge is 0.339 e. The molecule has 0 radical (unpaired) electrons. The highest BCUT2D eigenvalue weighted by Crippen LogP contribution is 2.14. The van der Waals surface area contributed by atoms with Gasteiger partial charge in [-0.15, -0.1) is 0 Å². The van der Waals surface area contributed by atoms with Gasteiger partial charge in [-0.2, -0.15) is 0 Å². The lowest BCUT2D eigenvalue weighted by Gasteiger charge is -2.10. The van der Waals surface area contributed by atoms with Crippen molar-refractivity contribution in [1.82, 2.24) is 0 Å². The van der Waals surface area contributed by atoms with Gasteiger partial charge in [-0.25, -0.2) is 9.59 Å². The summed E-state index contributed by atoms with van der Waals surface area (Å²) in [4.78, 5) is 24.7. The molecule has 0 aliphatic carbocycles. The Balaban J connectivity index is 2.34. The summed E-state index contributed by atoms with van der Waals surface area (Å²) in [5, 5.41) is 0. The molecule has 1 rings (SSSR count). The highest BCUT2D eigenvalue weighted by atomic mass is 16.5. The van der Waals surface area contributed by atoms with Gasteiger partial charge in [0.25, 0.3) is 0 Å². The van der Waals surface area contributed by atoms with Gasteiger partial charge in [-0.1, -0.05) is 84.3 Å². The Morgan fingerprint density at radius 3 is 1.71 bits per heavy atom. The summed E-state index contributed by atoms with van der Waals surface area (Å²) in [7, 11) is 0. The Morgan fingerprint density at radius 1 is 0.750 bits per heavy atom. The van der Waals surface area contributed by atoms with Gasteiger partial charge in [0, 0.05) is 0 Å². The molecule has 28 heavy (non-hydrogen) atoms. The van der Waals surface area contributed by atoms with Gasteiger partial charge in [0.1, 0.15) is 0 Å². The van der Waals surface area contributed by atoms with E-state index in [4.69, 9.17) is 9.47 Å². The van der Waals surface area contributed by atoms with Crippen molar-refractivity contribution in [1.29, 1.82) is 0 Å². The molecule has 158 valence electrons. The fourth-order valence-electron chi connectivity index (χ4n) is 3.04. The molecule has 0 heterocycles. The molecule has 0 aromatic heterocycles. The van der Waals surface area contributed by atoms with Crippen molar-refractivity contribution in [2.24, 2.45) is 5.92 Å². The van der Waals surface area contributed by atoms with E-state index in [1.165, 1.54) is 25.7 Å². The Morgan fingerprint density at radius 2 is 1.21 bits per heavy atom. The van der Waals surface area contributed by atoms with Crippen LogP contribution in [0.5, 0.6) is 0 Å². The number of benzene rings is 1. The molecule has 0 fully saturated rings. The van der Waals surface area contributed by atoms with Crippen molar-refractivity contribution >= 4 is 11.9 Å². The third-order valence-electron chi connectivity index (χ3n) is 4.76. The van der Waals surface area contributed by atoms with E-state index in [0.29, 0.717) is 13.2 Å². The van der Waals surface area contributed by atoms with E-state index in [1.807, 2.05) is 0 Å². The number of hydrogen-bond acceptors (Lipinski definition) is 4. The fraction of sp³-hybridized carbons (Fsp3) is 0.667. The van der Waals surface area contributed by atoms with Crippen LogP contribution in [0.4, 0.5) is 0 Å². The van der Waals surface area contributed by atoms with Crippen LogP contribution < -0.4 is 0 Å². The second-order valence-corrected chi connectivity index (χ2v) is 7.83. The first kappa shape index (κ1) is 24.2. The van der Waals surface area contributed by atoms with E-state index in [9.17, 15) is 9.59 Å². The Hall–Kier alpha value is -1.84. The Bertz CT molecular complexity index is 565. The summed E-state index contributed by atoms with van der Waals surface area (Å²) in [6.07, 6.45) is 11.0. The maximum Gasteiger partial charge on any atom is 0.339 e. The van der Waals surface area contributed by atoms with Crippen molar-refractivity contribution in [2.45, 2.75) is 85.0 Å².